The Kier molecular flexibility index (Phi) is 5.06. The number of nitroso groups, excluding NO2 is 1. The van der Waals surface area contributed by atoms with Gasteiger partial charge in [0.25, 0.3) is 0 Å². The lowest BCUT2D eigenvalue weighted by Crippen LogP contribution is -2.13. The third-order valence-electron chi connectivity index (χ3n) is 3.01. The van der Waals surface area contributed by atoms with Gasteiger partial charge in [0.15, 0.2) is 11.8 Å². The van der Waals surface area contributed by atoms with Gasteiger partial charge in [0.1, 0.15) is 0 Å². The molecule has 2 aromatic carbocycles. The Morgan fingerprint density at radius 1 is 0.955 bits per heavy atom. The molecule has 0 aromatic heterocycles. The molecule has 22 heavy (non-hydrogen) atoms. The van der Waals surface area contributed by atoms with Gasteiger partial charge in [-0.25, -0.2) is 4.79 Å². The number of hydrogen-bond acceptors (Lipinski definition) is 5. The van der Waals surface area contributed by atoms with Gasteiger partial charge in [-0.15, -0.1) is 0 Å². The summed E-state index contributed by atoms with van der Waals surface area (Å²) in [6.07, 6.45) is 0. The van der Waals surface area contributed by atoms with Crippen molar-refractivity contribution in [3.05, 3.63) is 64.6 Å². The van der Waals surface area contributed by atoms with Crippen LogP contribution in [0.4, 0.5) is 0 Å². The van der Waals surface area contributed by atoms with E-state index in [4.69, 9.17) is 5.11 Å². The molecular formula is C16H13NO4S. The molecule has 1 unspecified atom stereocenters. The van der Waals surface area contributed by atoms with E-state index in [1.54, 1.807) is 48.5 Å². The summed E-state index contributed by atoms with van der Waals surface area (Å²) in [4.78, 5) is 34.8. The first-order valence-electron chi connectivity index (χ1n) is 6.49. The van der Waals surface area contributed by atoms with Crippen LogP contribution in [-0.4, -0.2) is 22.9 Å². The molecule has 0 aliphatic rings. The van der Waals surface area contributed by atoms with Crippen LogP contribution < -0.4 is 0 Å². The molecule has 0 amide bonds. The molecule has 112 valence electrons. The average Bonchev–Trinajstić information content (AvgIpc) is 2.54. The monoisotopic (exact) mass is 315 g/mol. The van der Waals surface area contributed by atoms with Crippen LogP contribution >= 0.6 is 11.8 Å². The number of carbonyl (C=O) groups is 2. The largest absolute Gasteiger partial charge is 0.478 e. The van der Waals surface area contributed by atoms with E-state index < -0.39 is 12.0 Å². The first-order chi connectivity index (χ1) is 10.5. The number of ketones is 1. The molecule has 2 aromatic rings. The number of carboxylic acids is 1. The summed E-state index contributed by atoms with van der Waals surface area (Å²) in [5.74, 6) is -1.27. The third-order valence-corrected chi connectivity index (χ3v) is 4.03. The number of hydrogen-bond donors (Lipinski definition) is 1. The van der Waals surface area contributed by atoms with Crippen molar-refractivity contribution in [1.82, 2.24) is 0 Å². The molecule has 0 spiro atoms. The van der Waals surface area contributed by atoms with Gasteiger partial charge in [-0.2, -0.15) is 4.91 Å². The zero-order valence-electron chi connectivity index (χ0n) is 11.7. The fraction of sp³-hybridized carbons (Fsp3) is 0.125. The standard InChI is InChI=1S/C16H13NO4S/c1-10(17-21)15(18)11-2-6-13(7-3-11)22-14-8-4-12(5-9-14)16(19)20/h2-10H,1H3,(H,19,20). The maximum absolute atomic E-state index is 11.8. The Morgan fingerprint density at radius 2 is 1.41 bits per heavy atom. The van der Waals surface area contributed by atoms with E-state index in [1.165, 1.54) is 18.7 Å². The quantitative estimate of drug-likeness (QED) is 0.646. The molecule has 0 saturated carbocycles. The number of rotatable bonds is 6. The minimum atomic E-state index is -0.961. The summed E-state index contributed by atoms with van der Waals surface area (Å²) in [7, 11) is 0. The van der Waals surface area contributed by atoms with Crippen LogP contribution in [0.2, 0.25) is 0 Å². The molecule has 0 heterocycles. The lowest BCUT2D eigenvalue weighted by atomic mass is 10.1. The van der Waals surface area contributed by atoms with E-state index in [9.17, 15) is 14.5 Å². The van der Waals surface area contributed by atoms with Crippen molar-refractivity contribution < 1.29 is 14.7 Å². The van der Waals surface area contributed by atoms with Gasteiger partial charge in [0, 0.05) is 15.4 Å². The van der Waals surface area contributed by atoms with Gasteiger partial charge in [-0.1, -0.05) is 29.1 Å². The highest BCUT2D eigenvalue weighted by molar-refractivity contribution is 7.99. The van der Waals surface area contributed by atoms with Gasteiger partial charge in [-0.05, 0) is 43.3 Å². The Hall–Kier alpha value is -2.47. The fourth-order valence-electron chi connectivity index (χ4n) is 1.78. The van der Waals surface area contributed by atoms with Crippen LogP contribution in [-0.2, 0) is 0 Å². The van der Waals surface area contributed by atoms with E-state index in [0.717, 1.165) is 9.79 Å². The predicted molar refractivity (Wildman–Crippen MR) is 83.6 cm³/mol. The van der Waals surface area contributed by atoms with Gasteiger partial charge in [0.2, 0.25) is 0 Å². The molecule has 0 aliphatic carbocycles. The van der Waals surface area contributed by atoms with Crippen molar-refractivity contribution in [2.24, 2.45) is 5.18 Å². The smallest absolute Gasteiger partial charge is 0.335 e. The van der Waals surface area contributed by atoms with Crippen LogP contribution in [0.3, 0.4) is 0 Å². The molecule has 6 heteroatoms. The van der Waals surface area contributed by atoms with E-state index >= 15 is 0 Å². The number of nitrogens with zero attached hydrogens (tertiary/aromatic N) is 1. The van der Waals surface area contributed by atoms with E-state index in [0.29, 0.717) is 5.56 Å². The maximum atomic E-state index is 11.8. The number of Topliss-reactive ketones (excluding diaryl/α,β-unsaturated/α-hetero) is 1. The molecular weight excluding hydrogens is 302 g/mol. The van der Waals surface area contributed by atoms with Gasteiger partial charge in [-0.3, -0.25) is 4.79 Å². The van der Waals surface area contributed by atoms with Crippen LogP contribution in [0.5, 0.6) is 0 Å². The molecule has 1 N–H and O–H groups in total. The van der Waals surface area contributed by atoms with Crippen LogP contribution in [0.25, 0.3) is 0 Å². The normalized spacial score (nSPS) is 11.7. The van der Waals surface area contributed by atoms with Crippen molar-refractivity contribution in [3.63, 3.8) is 0 Å². The van der Waals surface area contributed by atoms with Crippen molar-refractivity contribution in [1.29, 1.82) is 0 Å². The lowest BCUT2D eigenvalue weighted by Gasteiger charge is -2.05. The van der Waals surface area contributed by atoms with Crippen LogP contribution in [0.15, 0.2) is 63.5 Å². The van der Waals surface area contributed by atoms with Crippen molar-refractivity contribution in [2.45, 2.75) is 22.8 Å². The summed E-state index contributed by atoms with van der Waals surface area (Å²) in [5, 5.41) is 11.6. The van der Waals surface area contributed by atoms with Crippen molar-refractivity contribution in [3.8, 4) is 0 Å². The Morgan fingerprint density at radius 3 is 1.82 bits per heavy atom. The zero-order valence-corrected chi connectivity index (χ0v) is 12.5. The first-order valence-corrected chi connectivity index (χ1v) is 7.31. The highest BCUT2D eigenvalue weighted by atomic mass is 32.2. The van der Waals surface area contributed by atoms with Gasteiger partial charge >= 0.3 is 5.97 Å². The number of benzene rings is 2. The fourth-order valence-corrected chi connectivity index (χ4v) is 2.59. The number of aromatic carboxylic acids is 1. The Bertz CT molecular complexity index is 695. The summed E-state index contributed by atoms with van der Waals surface area (Å²) < 4.78 is 0. The summed E-state index contributed by atoms with van der Waals surface area (Å²) >= 11 is 1.45. The van der Waals surface area contributed by atoms with Crippen molar-refractivity contribution in [2.75, 3.05) is 0 Å². The van der Waals surface area contributed by atoms with Gasteiger partial charge < -0.3 is 5.11 Å². The topological polar surface area (TPSA) is 83.8 Å². The molecule has 0 saturated heterocycles. The summed E-state index contributed by atoms with van der Waals surface area (Å²) in [5.41, 5.74) is 0.679. The average molecular weight is 315 g/mol. The highest BCUT2D eigenvalue weighted by Crippen LogP contribution is 2.28. The van der Waals surface area contributed by atoms with Crippen molar-refractivity contribution >= 4 is 23.5 Å². The third kappa shape index (κ3) is 3.79. The molecule has 0 aliphatic heterocycles. The Labute approximate surface area is 131 Å². The van der Waals surface area contributed by atoms with E-state index in [1.807, 2.05) is 0 Å². The van der Waals surface area contributed by atoms with E-state index in [2.05, 4.69) is 5.18 Å². The molecule has 2 rings (SSSR count). The second kappa shape index (κ2) is 7.00. The van der Waals surface area contributed by atoms with Crippen LogP contribution in [0.1, 0.15) is 27.6 Å². The second-order valence-electron chi connectivity index (χ2n) is 4.60. The molecule has 5 nitrogen and oxygen atoms in total. The minimum Gasteiger partial charge on any atom is -0.478 e. The molecule has 0 bridgehead atoms. The second-order valence-corrected chi connectivity index (χ2v) is 5.75. The molecule has 1 atom stereocenters. The van der Waals surface area contributed by atoms with Gasteiger partial charge in [0.05, 0.1) is 5.56 Å². The molecule has 0 radical (unpaired) electrons. The maximum Gasteiger partial charge on any atom is 0.335 e. The Balaban J connectivity index is 2.09. The lowest BCUT2D eigenvalue weighted by molar-refractivity contribution is 0.0696. The number of carboxylic acid groups (broad SMARTS) is 1. The molecule has 0 fully saturated rings. The predicted octanol–water partition coefficient (Wildman–Crippen LogP) is 3.87. The summed E-state index contributed by atoms with van der Waals surface area (Å²) in [6, 6.07) is 12.5. The minimum absolute atomic E-state index is 0.237. The SMILES string of the molecule is CC(N=O)C(=O)c1ccc(Sc2ccc(C(=O)O)cc2)cc1. The summed E-state index contributed by atoms with van der Waals surface area (Å²) in [6.45, 7) is 1.46. The number of carbonyl (C=O) groups excluding carboxylic acids is 1. The highest BCUT2D eigenvalue weighted by Gasteiger charge is 2.15. The van der Waals surface area contributed by atoms with E-state index in [-0.39, 0.29) is 11.3 Å². The van der Waals surface area contributed by atoms with Crippen LogP contribution in [0, 0.1) is 4.91 Å². The first kappa shape index (κ1) is 15.9. The zero-order chi connectivity index (χ0) is 16.1.